The molecule has 6 aromatic carbocycles. The van der Waals surface area contributed by atoms with Crippen LogP contribution in [-0.2, 0) is 43.1 Å². The van der Waals surface area contributed by atoms with E-state index in [0.29, 0.717) is 31.1 Å². The molecule has 0 unspecified atom stereocenters. The van der Waals surface area contributed by atoms with Crippen molar-refractivity contribution in [1.82, 2.24) is 0 Å². The third-order valence-corrected chi connectivity index (χ3v) is 29.6. The Morgan fingerprint density at radius 2 is 0.491 bits per heavy atom. The predicted octanol–water partition coefficient (Wildman–Crippen LogP) is 2.88. The summed E-state index contributed by atoms with van der Waals surface area (Å²) in [5, 5.41) is 3.48. The summed E-state index contributed by atoms with van der Waals surface area (Å²) in [6.45, 7) is 2.57. The van der Waals surface area contributed by atoms with Crippen molar-refractivity contribution in [1.29, 1.82) is 0 Å². The standard InChI is InChI=1S/C40H36O10Si5/c1-33(41)43-54-45-51(35-21-9-3-10-22-35,36-23-11-4-12-24-36)48-55(44-34(2)42,49-52(46-54,37-25-13-5-14-26-37)38-27-15-6-16-28-38)50-53(47-54,39-29-17-7-18-30-39)40-31-19-8-20-32-40/h3-32H,1-2H3. The summed E-state index contributed by atoms with van der Waals surface area (Å²) in [4.78, 5) is 27.4. The molecule has 10 nitrogen and oxygen atoms in total. The Labute approximate surface area is 324 Å². The summed E-state index contributed by atoms with van der Waals surface area (Å²) in [5.74, 6) is -1.43. The molecule has 0 atom stereocenters. The third kappa shape index (κ3) is 6.96. The smallest absolute Gasteiger partial charge is 0.453 e. The number of fused-ring (bicyclic) bond motifs is 6. The third-order valence-electron chi connectivity index (χ3n) is 9.07. The second-order valence-electron chi connectivity index (χ2n) is 12.8. The SMILES string of the molecule is CC(=O)O[Si]12O[Si](c3ccccc3)(c3ccccc3)O[Si](OC(C)=O)(O[Si](c3ccccc3)(c3ccccc3)O1)O[Si](c1ccccc1)(c1ccccc1)O2. The van der Waals surface area contributed by atoms with Crippen molar-refractivity contribution in [3.8, 4) is 0 Å². The van der Waals surface area contributed by atoms with Crippen molar-refractivity contribution >= 4 is 86.8 Å². The summed E-state index contributed by atoms with van der Waals surface area (Å²) >= 11 is 0. The van der Waals surface area contributed by atoms with Gasteiger partial charge in [-0.1, -0.05) is 182 Å². The molecule has 9 rings (SSSR count). The van der Waals surface area contributed by atoms with Gasteiger partial charge in [-0.05, 0) is 31.1 Å². The minimum Gasteiger partial charge on any atom is -0.453 e. The number of rotatable bonds is 8. The quantitative estimate of drug-likeness (QED) is 0.213. The van der Waals surface area contributed by atoms with Crippen LogP contribution >= 0.6 is 0 Å². The summed E-state index contributed by atoms with van der Waals surface area (Å²) < 4.78 is 58.3. The van der Waals surface area contributed by atoms with Gasteiger partial charge in [-0.2, -0.15) is 0 Å². The highest BCUT2D eigenvalue weighted by molar-refractivity contribution is 7.11. The molecule has 3 heterocycles. The summed E-state index contributed by atoms with van der Waals surface area (Å²) in [6, 6.07) is 55.5. The number of benzene rings is 6. The molecule has 0 aromatic heterocycles. The van der Waals surface area contributed by atoms with Gasteiger partial charge in [-0.25, -0.2) is 0 Å². The second kappa shape index (κ2) is 15.0. The maximum Gasteiger partial charge on any atom is 0.725 e. The lowest BCUT2D eigenvalue weighted by Crippen LogP contribution is -2.89. The molecule has 0 radical (unpaired) electrons. The minimum atomic E-state index is -5.02. The van der Waals surface area contributed by atoms with Gasteiger partial charge in [0.05, 0.1) is 0 Å². The van der Waals surface area contributed by atoms with Crippen LogP contribution < -0.4 is 31.1 Å². The van der Waals surface area contributed by atoms with E-state index in [1.54, 1.807) is 0 Å². The molecule has 15 heteroatoms. The van der Waals surface area contributed by atoms with Crippen LogP contribution in [0.2, 0.25) is 0 Å². The van der Waals surface area contributed by atoms with Gasteiger partial charge in [0.1, 0.15) is 0 Å². The fraction of sp³-hybridized carbons (Fsp3) is 0.0500. The van der Waals surface area contributed by atoms with Gasteiger partial charge in [0, 0.05) is 13.8 Å². The van der Waals surface area contributed by atoms with Crippen LogP contribution in [0.3, 0.4) is 0 Å². The molecule has 0 N–H and O–H groups in total. The van der Waals surface area contributed by atoms with Crippen LogP contribution in [0.1, 0.15) is 13.8 Å². The van der Waals surface area contributed by atoms with Gasteiger partial charge in [0.15, 0.2) is 0 Å². The van der Waals surface area contributed by atoms with E-state index < -0.39 is 55.7 Å². The van der Waals surface area contributed by atoms with E-state index in [9.17, 15) is 9.59 Å². The van der Waals surface area contributed by atoms with Gasteiger partial charge in [-0.15, -0.1) is 0 Å². The molecule has 6 aromatic rings. The molecule has 0 saturated carbocycles. The van der Waals surface area contributed by atoms with E-state index in [1.807, 2.05) is 182 Å². The molecule has 3 aliphatic heterocycles. The minimum absolute atomic E-state index is 0.579. The summed E-state index contributed by atoms with van der Waals surface area (Å²) in [6.07, 6.45) is 0. The van der Waals surface area contributed by atoms with E-state index in [0.717, 1.165) is 0 Å². The molecular formula is C40H36O10Si5. The first-order chi connectivity index (χ1) is 26.7. The maximum atomic E-state index is 13.7. The Morgan fingerprint density at radius 3 is 0.636 bits per heavy atom. The van der Waals surface area contributed by atoms with Crippen molar-refractivity contribution < 1.29 is 43.1 Å². The van der Waals surface area contributed by atoms with Gasteiger partial charge >= 0.3 is 43.8 Å². The van der Waals surface area contributed by atoms with E-state index >= 15 is 0 Å². The number of hydrogen-bond acceptors (Lipinski definition) is 10. The Morgan fingerprint density at radius 1 is 0.327 bits per heavy atom. The van der Waals surface area contributed by atoms with E-state index in [2.05, 4.69) is 0 Å². The van der Waals surface area contributed by atoms with Crippen molar-refractivity contribution in [2.24, 2.45) is 0 Å². The topological polar surface area (TPSA) is 108 Å². The Balaban J connectivity index is 1.54. The average Bonchev–Trinajstić information content (AvgIpc) is 3.20. The zero-order chi connectivity index (χ0) is 38.0. The molecular weight excluding hydrogens is 781 g/mol. The normalized spacial score (nSPS) is 22.3. The fourth-order valence-electron chi connectivity index (χ4n) is 6.87. The number of hydrogen-bond donors (Lipinski definition) is 0. The lowest BCUT2D eigenvalue weighted by Gasteiger charge is -2.54. The zero-order valence-corrected chi connectivity index (χ0v) is 34.9. The summed E-state index contributed by atoms with van der Waals surface area (Å²) in [7, 11) is -23.0. The highest BCUT2D eigenvalue weighted by atomic mass is 28.6. The zero-order valence-electron chi connectivity index (χ0n) is 29.9. The van der Waals surface area contributed by atoms with Gasteiger partial charge < -0.3 is 33.5 Å². The largest absolute Gasteiger partial charge is 0.725 e. The first kappa shape index (κ1) is 37.0. The second-order valence-corrected chi connectivity index (χ2v) is 27.3. The predicted molar refractivity (Wildman–Crippen MR) is 215 cm³/mol. The highest BCUT2D eigenvalue weighted by Gasteiger charge is 2.80. The van der Waals surface area contributed by atoms with E-state index in [4.69, 9.17) is 33.5 Å². The lowest BCUT2D eigenvalue weighted by molar-refractivity contribution is -0.139. The van der Waals surface area contributed by atoms with Crippen molar-refractivity contribution in [2.45, 2.75) is 13.8 Å². The first-order valence-corrected chi connectivity index (χ1v) is 26.4. The Kier molecular flexibility index (Phi) is 10.1. The molecule has 3 fully saturated rings. The molecule has 2 bridgehead atoms. The van der Waals surface area contributed by atoms with Gasteiger partial charge in [-0.3, -0.25) is 9.59 Å². The molecule has 3 saturated heterocycles. The molecule has 0 aliphatic carbocycles. The molecule has 55 heavy (non-hydrogen) atoms. The monoisotopic (exact) mass is 816 g/mol. The van der Waals surface area contributed by atoms with Gasteiger partial charge in [0.25, 0.3) is 11.9 Å². The summed E-state index contributed by atoms with van der Waals surface area (Å²) in [5.41, 5.74) is 0. The molecule has 3 aliphatic rings. The number of carbonyl (C=O) groups is 2. The van der Waals surface area contributed by atoms with Crippen LogP contribution in [0.4, 0.5) is 0 Å². The Bertz CT molecular complexity index is 1860. The van der Waals surface area contributed by atoms with Crippen LogP contribution in [0.25, 0.3) is 0 Å². The lowest BCUT2D eigenvalue weighted by atomic mass is 10.4. The van der Waals surface area contributed by atoms with Crippen LogP contribution in [0.15, 0.2) is 182 Å². The van der Waals surface area contributed by atoms with Crippen LogP contribution in [-0.4, -0.2) is 55.7 Å². The fourth-order valence-corrected chi connectivity index (χ4v) is 32.3. The van der Waals surface area contributed by atoms with Crippen molar-refractivity contribution in [3.05, 3.63) is 182 Å². The first-order valence-electron chi connectivity index (χ1n) is 17.6. The average molecular weight is 817 g/mol. The van der Waals surface area contributed by atoms with Crippen LogP contribution in [0, 0.1) is 0 Å². The number of carbonyl (C=O) groups excluding carboxylic acids is 2. The highest BCUT2D eigenvalue weighted by Crippen LogP contribution is 2.40. The molecule has 0 amide bonds. The maximum absolute atomic E-state index is 13.7. The van der Waals surface area contributed by atoms with E-state index in [1.165, 1.54) is 13.8 Å². The Hall–Kier alpha value is -4.90. The van der Waals surface area contributed by atoms with Crippen molar-refractivity contribution in [3.63, 3.8) is 0 Å². The molecule has 276 valence electrons. The molecule has 0 spiro atoms. The van der Waals surface area contributed by atoms with E-state index in [-0.39, 0.29) is 0 Å². The van der Waals surface area contributed by atoms with Crippen LogP contribution in [0.5, 0.6) is 0 Å². The van der Waals surface area contributed by atoms with Gasteiger partial charge in [0.2, 0.25) is 0 Å². The van der Waals surface area contributed by atoms with Crippen molar-refractivity contribution in [2.75, 3.05) is 0 Å².